The van der Waals surface area contributed by atoms with E-state index in [1.807, 2.05) is 11.3 Å². The molecule has 0 fully saturated rings. The van der Waals surface area contributed by atoms with Crippen LogP contribution in [0.5, 0.6) is 0 Å². The Balaban J connectivity index is 2.06. The van der Waals surface area contributed by atoms with Gasteiger partial charge in [-0.2, -0.15) is 0 Å². The number of hydrogen-bond acceptors (Lipinski definition) is 1. The molecular weight excluding hydrogens is 291 g/mol. The minimum atomic E-state index is 1.10. The molecule has 0 saturated carbocycles. The second-order valence-corrected chi connectivity index (χ2v) is 7.00. The van der Waals surface area contributed by atoms with Crippen LogP contribution in [0.25, 0.3) is 11.1 Å². The zero-order chi connectivity index (χ0) is 11.0. The molecule has 0 N–H and O–H groups in total. The van der Waals surface area contributed by atoms with Gasteiger partial charge >= 0.3 is 116 Å². The second kappa shape index (κ2) is 4.43. The van der Waals surface area contributed by atoms with Gasteiger partial charge in [-0.15, -0.1) is 0 Å². The zero-order valence-corrected chi connectivity index (χ0v) is 12.1. The summed E-state index contributed by atoms with van der Waals surface area (Å²) in [4.78, 5) is 0. The first-order valence-electron chi connectivity index (χ1n) is 5.41. The van der Waals surface area contributed by atoms with Gasteiger partial charge < -0.3 is 0 Å². The van der Waals surface area contributed by atoms with Crippen molar-refractivity contribution in [2.24, 2.45) is 0 Å². The Morgan fingerprint density at radius 3 is 2.31 bits per heavy atom. The fourth-order valence-electron chi connectivity index (χ4n) is 2.19. The first-order chi connectivity index (χ1) is 7.86. The summed E-state index contributed by atoms with van der Waals surface area (Å²) < 4.78 is 1.53. The van der Waals surface area contributed by atoms with E-state index in [1.165, 1.54) is 49.6 Å². The number of allylic oxidation sites excluding steroid dienone is 8. The van der Waals surface area contributed by atoms with Crippen molar-refractivity contribution in [3.05, 3.63) is 53.0 Å². The third kappa shape index (κ3) is 1.79. The van der Waals surface area contributed by atoms with E-state index in [4.69, 9.17) is 0 Å². The predicted octanol–water partition coefficient (Wildman–Crippen LogP) is 3.61. The SMILES string of the molecule is [Zr][c]1scc(C2=CC=CC2)c1C1=CC=CC1. The van der Waals surface area contributed by atoms with E-state index in [-0.39, 0.29) is 0 Å². The molecule has 77 valence electrons. The van der Waals surface area contributed by atoms with Crippen LogP contribution < -0.4 is 2.59 Å². The fourth-order valence-corrected chi connectivity index (χ4v) is 4.22. The van der Waals surface area contributed by atoms with Gasteiger partial charge in [0, 0.05) is 0 Å². The maximum atomic E-state index is 2.33. The standard InChI is InChI=1S/C14H11S.Zr/c1-2-6-11(5-1)13-9-15-10-14(13)12-7-3-4-8-12;/h1-5,7,9H,6,8H2;. The summed E-state index contributed by atoms with van der Waals surface area (Å²) in [5.74, 6) is 0. The third-order valence-corrected chi connectivity index (χ3v) is 5.28. The molecule has 0 bridgehead atoms. The molecule has 1 aromatic rings. The minimum absolute atomic E-state index is 1.10. The van der Waals surface area contributed by atoms with E-state index in [0.29, 0.717) is 0 Å². The Hall–Kier alpha value is -0.457. The molecule has 0 radical (unpaired) electrons. The molecule has 0 aromatic carbocycles. The van der Waals surface area contributed by atoms with E-state index in [1.54, 1.807) is 0 Å². The van der Waals surface area contributed by atoms with Crippen LogP contribution in [-0.2, 0) is 24.7 Å². The normalized spacial score (nSPS) is 17.9. The van der Waals surface area contributed by atoms with Crippen molar-refractivity contribution in [3.63, 3.8) is 0 Å². The molecule has 0 unspecified atom stereocenters. The molecule has 0 spiro atoms. The van der Waals surface area contributed by atoms with E-state index < -0.39 is 0 Å². The van der Waals surface area contributed by atoms with Gasteiger partial charge in [0.1, 0.15) is 0 Å². The van der Waals surface area contributed by atoms with E-state index in [9.17, 15) is 0 Å². The molecule has 0 nitrogen and oxygen atoms in total. The summed E-state index contributed by atoms with van der Waals surface area (Å²) in [6.07, 6.45) is 15.5. The first-order valence-corrected chi connectivity index (χ1v) is 7.52. The summed E-state index contributed by atoms with van der Waals surface area (Å²) in [5, 5.41) is 2.33. The predicted molar refractivity (Wildman–Crippen MR) is 67.4 cm³/mol. The Morgan fingerprint density at radius 2 is 1.69 bits per heavy atom. The van der Waals surface area contributed by atoms with Crippen LogP contribution in [0.4, 0.5) is 0 Å². The molecule has 2 aliphatic rings. The van der Waals surface area contributed by atoms with Crippen molar-refractivity contribution < 1.29 is 24.7 Å². The summed E-state index contributed by atoms with van der Waals surface area (Å²) in [6, 6.07) is 0. The molecule has 0 saturated heterocycles. The maximum absolute atomic E-state index is 2.33. The van der Waals surface area contributed by atoms with E-state index in [0.717, 1.165) is 12.8 Å². The molecule has 0 amide bonds. The van der Waals surface area contributed by atoms with E-state index in [2.05, 4.69) is 41.8 Å². The van der Waals surface area contributed by atoms with E-state index >= 15 is 0 Å². The summed E-state index contributed by atoms with van der Waals surface area (Å²) in [5.41, 5.74) is 5.96. The third-order valence-electron chi connectivity index (χ3n) is 3.00. The van der Waals surface area contributed by atoms with Gasteiger partial charge in [-0.25, -0.2) is 0 Å². The van der Waals surface area contributed by atoms with Gasteiger partial charge in [0.25, 0.3) is 0 Å². The average Bonchev–Trinajstić information content (AvgIpc) is 2.96. The van der Waals surface area contributed by atoms with Crippen LogP contribution in [-0.4, -0.2) is 0 Å². The van der Waals surface area contributed by atoms with Crippen LogP contribution in [0.1, 0.15) is 24.0 Å². The van der Waals surface area contributed by atoms with Crippen LogP contribution >= 0.6 is 11.3 Å². The number of rotatable bonds is 2. The second-order valence-electron chi connectivity index (χ2n) is 4.00. The fraction of sp³-hybridized carbons (Fsp3) is 0.143. The number of hydrogen-bond donors (Lipinski definition) is 0. The van der Waals surface area contributed by atoms with Crippen LogP contribution in [0.15, 0.2) is 41.8 Å². The van der Waals surface area contributed by atoms with Gasteiger partial charge in [-0.05, 0) is 0 Å². The Bertz CT molecular complexity index is 541. The molecule has 2 aliphatic carbocycles. The molecule has 1 heterocycles. The number of thiophene rings is 1. The summed E-state index contributed by atoms with van der Waals surface area (Å²) >= 11 is 3.44. The zero-order valence-electron chi connectivity index (χ0n) is 8.86. The topological polar surface area (TPSA) is 0 Å². The summed E-state index contributed by atoms with van der Waals surface area (Å²) in [7, 11) is 0. The van der Waals surface area contributed by atoms with Crippen molar-refractivity contribution in [2.45, 2.75) is 12.8 Å². The Kier molecular flexibility index (Phi) is 2.96. The van der Waals surface area contributed by atoms with Gasteiger partial charge in [0.15, 0.2) is 0 Å². The monoisotopic (exact) mass is 301 g/mol. The Labute approximate surface area is 115 Å². The van der Waals surface area contributed by atoms with Crippen LogP contribution in [0.2, 0.25) is 0 Å². The van der Waals surface area contributed by atoms with Crippen molar-refractivity contribution in [1.82, 2.24) is 0 Å². The van der Waals surface area contributed by atoms with Crippen LogP contribution in [0.3, 0.4) is 0 Å². The molecular formula is C14H11SZr. The van der Waals surface area contributed by atoms with Crippen LogP contribution in [0, 0.1) is 0 Å². The molecule has 0 aliphatic heterocycles. The molecule has 16 heavy (non-hydrogen) atoms. The molecule has 1 aromatic heterocycles. The summed E-state index contributed by atoms with van der Waals surface area (Å²) in [6.45, 7) is 0. The average molecular weight is 303 g/mol. The van der Waals surface area contributed by atoms with Crippen molar-refractivity contribution >= 4 is 25.1 Å². The molecule has 2 heteroatoms. The van der Waals surface area contributed by atoms with Crippen molar-refractivity contribution in [2.75, 3.05) is 0 Å². The van der Waals surface area contributed by atoms with Crippen molar-refractivity contribution in [1.29, 1.82) is 0 Å². The van der Waals surface area contributed by atoms with Gasteiger partial charge in [0.05, 0.1) is 0 Å². The first kappa shape index (κ1) is 10.7. The van der Waals surface area contributed by atoms with Crippen molar-refractivity contribution in [3.8, 4) is 0 Å². The van der Waals surface area contributed by atoms with Gasteiger partial charge in [-0.1, -0.05) is 0 Å². The molecule has 0 atom stereocenters. The van der Waals surface area contributed by atoms with Gasteiger partial charge in [-0.3, -0.25) is 0 Å². The quantitative estimate of drug-likeness (QED) is 0.783. The molecule has 3 rings (SSSR count). The Morgan fingerprint density at radius 1 is 1.00 bits per heavy atom. The van der Waals surface area contributed by atoms with Gasteiger partial charge in [0.2, 0.25) is 0 Å².